The first-order valence-corrected chi connectivity index (χ1v) is 6.21. The first-order valence-electron chi connectivity index (χ1n) is 4.92. The van der Waals surface area contributed by atoms with E-state index in [9.17, 15) is 14.4 Å². The summed E-state index contributed by atoms with van der Waals surface area (Å²) in [7, 11) is 1.43. The number of aliphatic carboxylic acids is 1. The van der Waals surface area contributed by atoms with Crippen molar-refractivity contribution in [3.05, 3.63) is 0 Å². The van der Waals surface area contributed by atoms with Crippen LogP contribution in [0.3, 0.4) is 0 Å². The minimum Gasteiger partial charge on any atom is -0.481 e. The molecule has 0 aromatic carbocycles. The molecule has 17 heavy (non-hydrogen) atoms. The van der Waals surface area contributed by atoms with Crippen molar-refractivity contribution in [2.24, 2.45) is 5.73 Å². The number of amides is 2. The standard InChI is InChI=1S/C9H17N3O4S/c1-11-8(15)5(4-10)12-9(16)6(17-2)3-7(13)14/h5-6H,3-4,10H2,1-2H3,(H,11,15)(H,12,16)(H,13,14)/t5-,6?/m0/s1. The van der Waals surface area contributed by atoms with Crippen molar-refractivity contribution in [3.63, 3.8) is 0 Å². The number of nitrogens with two attached hydrogens (primary N) is 1. The predicted molar refractivity (Wildman–Crippen MR) is 64.6 cm³/mol. The highest BCUT2D eigenvalue weighted by atomic mass is 32.2. The zero-order valence-electron chi connectivity index (χ0n) is 9.73. The fraction of sp³-hybridized carbons (Fsp3) is 0.667. The summed E-state index contributed by atoms with van der Waals surface area (Å²) in [5, 5.41) is 12.7. The molecule has 0 aliphatic rings. The molecule has 0 rings (SSSR count). The van der Waals surface area contributed by atoms with Gasteiger partial charge in [-0.05, 0) is 6.26 Å². The number of carboxylic acids is 1. The number of likely N-dealkylation sites (N-methyl/N-ethyl adjacent to an activating group) is 1. The quantitative estimate of drug-likeness (QED) is 0.438. The van der Waals surface area contributed by atoms with E-state index in [2.05, 4.69) is 10.6 Å². The summed E-state index contributed by atoms with van der Waals surface area (Å²) in [5.74, 6) is -1.97. The molecule has 0 aliphatic heterocycles. The second kappa shape index (κ2) is 7.91. The van der Waals surface area contributed by atoms with Crippen LogP contribution in [0, 0.1) is 0 Å². The van der Waals surface area contributed by atoms with Gasteiger partial charge in [0, 0.05) is 13.6 Å². The largest absolute Gasteiger partial charge is 0.481 e. The maximum absolute atomic E-state index is 11.7. The number of carbonyl (C=O) groups excluding carboxylic acids is 2. The van der Waals surface area contributed by atoms with Crippen molar-refractivity contribution < 1.29 is 19.5 Å². The molecule has 8 heteroatoms. The van der Waals surface area contributed by atoms with E-state index in [1.165, 1.54) is 7.05 Å². The topological polar surface area (TPSA) is 122 Å². The summed E-state index contributed by atoms with van der Waals surface area (Å²) in [6.45, 7) is -0.0421. The SMILES string of the molecule is CNC(=O)[C@H](CN)NC(=O)C(CC(=O)O)SC. The molecule has 98 valence electrons. The molecule has 2 amide bonds. The lowest BCUT2D eigenvalue weighted by Gasteiger charge is -2.18. The van der Waals surface area contributed by atoms with Gasteiger partial charge < -0.3 is 21.5 Å². The third-order valence-corrected chi connectivity index (χ3v) is 3.00. The minimum atomic E-state index is -1.07. The number of carbonyl (C=O) groups is 3. The molecule has 0 bridgehead atoms. The average Bonchev–Trinajstić information content (AvgIpc) is 2.31. The van der Waals surface area contributed by atoms with Gasteiger partial charge in [-0.2, -0.15) is 11.8 Å². The van der Waals surface area contributed by atoms with Crippen LogP contribution in [0.1, 0.15) is 6.42 Å². The van der Waals surface area contributed by atoms with Crippen LogP contribution in [0.4, 0.5) is 0 Å². The molecule has 0 heterocycles. The molecular weight excluding hydrogens is 246 g/mol. The highest BCUT2D eigenvalue weighted by Crippen LogP contribution is 2.11. The maximum atomic E-state index is 11.7. The Morgan fingerprint density at radius 3 is 2.29 bits per heavy atom. The summed E-state index contributed by atoms with van der Waals surface area (Å²) < 4.78 is 0. The molecule has 0 spiro atoms. The lowest BCUT2D eigenvalue weighted by molar-refractivity contribution is -0.138. The van der Waals surface area contributed by atoms with E-state index in [1.807, 2.05) is 0 Å². The van der Waals surface area contributed by atoms with E-state index in [1.54, 1.807) is 6.26 Å². The molecule has 0 saturated carbocycles. The molecule has 0 radical (unpaired) electrons. The first kappa shape index (κ1) is 15.7. The van der Waals surface area contributed by atoms with Gasteiger partial charge in [-0.25, -0.2) is 0 Å². The van der Waals surface area contributed by atoms with Gasteiger partial charge in [0.05, 0.1) is 11.7 Å². The van der Waals surface area contributed by atoms with Crippen LogP contribution in [0.5, 0.6) is 0 Å². The van der Waals surface area contributed by atoms with Crippen molar-refractivity contribution in [2.45, 2.75) is 17.7 Å². The Balaban J connectivity index is 4.47. The molecular formula is C9H17N3O4S. The second-order valence-corrected chi connectivity index (χ2v) is 4.27. The van der Waals surface area contributed by atoms with E-state index in [0.717, 1.165) is 11.8 Å². The van der Waals surface area contributed by atoms with Gasteiger partial charge in [-0.3, -0.25) is 14.4 Å². The van der Waals surface area contributed by atoms with Gasteiger partial charge in [0.15, 0.2) is 0 Å². The molecule has 0 aromatic rings. The Morgan fingerprint density at radius 1 is 1.35 bits per heavy atom. The lowest BCUT2D eigenvalue weighted by Crippen LogP contribution is -2.52. The number of hydrogen-bond donors (Lipinski definition) is 4. The van der Waals surface area contributed by atoms with Crippen LogP contribution in [0.25, 0.3) is 0 Å². The fourth-order valence-corrected chi connectivity index (χ4v) is 1.70. The first-order chi connectivity index (χ1) is 7.96. The number of nitrogens with one attached hydrogen (secondary N) is 2. The third-order valence-electron chi connectivity index (χ3n) is 2.05. The number of rotatable bonds is 7. The number of hydrogen-bond acceptors (Lipinski definition) is 5. The molecule has 1 unspecified atom stereocenters. The minimum absolute atomic E-state index is 0.0421. The van der Waals surface area contributed by atoms with Gasteiger partial charge in [0.1, 0.15) is 6.04 Å². The van der Waals surface area contributed by atoms with E-state index < -0.39 is 29.1 Å². The maximum Gasteiger partial charge on any atom is 0.305 e. The lowest BCUT2D eigenvalue weighted by atomic mass is 10.2. The van der Waals surface area contributed by atoms with Crippen molar-refractivity contribution >= 4 is 29.5 Å². The van der Waals surface area contributed by atoms with Gasteiger partial charge in [0.25, 0.3) is 0 Å². The zero-order chi connectivity index (χ0) is 13.4. The molecule has 0 saturated heterocycles. The van der Waals surface area contributed by atoms with E-state index in [4.69, 9.17) is 10.8 Å². The second-order valence-electron chi connectivity index (χ2n) is 3.23. The van der Waals surface area contributed by atoms with Gasteiger partial charge in [0.2, 0.25) is 11.8 Å². The van der Waals surface area contributed by atoms with Crippen molar-refractivity contribution in [3.8, 4) is 0 Å². The highest BCUT2D eigenvalue weighted by Gasteiger charge is 2.25. The average molecular weight is 263 g/mol. The predicted octanol–water partition coefficient (Wildman–Crippen LogP) is -1.62. The summed E-state index contributed by atoms with van der Waals surface area (Å²) in [4.78, 5) is 33.5. The Morgan fingerprint density at radius 2 is 1.94 bits per heavy atom. The molecule has 0 aliphatic carbocycles. The number of thioether (sulfide) groups is 1. The highest BCUT2D eigenvalue weighted by molar-refractivity contribution is 7.99. The summed E-state index contributed by atoms with van der Waals surface area (Å²) in [5.41, 5.74) is 5.34. The smallest absolute Gasteiger partial charge is 0.305 e. The fourth-order valence-electron chi connectivity index (χ4n) is 1.11. The van der Waals surface area contributed by atoms with Gasteiger partial charge >= 0.3 is 5.97 Å². The molecule has 5 N–H and O–H groups in total. The summed E-state index contributed by atoms with van der Waals surface area (Å²) in [6.07, 6.45) is 1.34. The van der Waals surface area contributed by atoms with Crippen LogP contribution < -0.4 is 16.4 Å². The molecule has 7 nitrogen and oxygen atoms in total. The monoisotopic (exact) mass is 263 g/mol. The van der Waals surface area contributed by atoms with Crippen LogP contribution in [-0.4, -0.2) is 54.0 Å². The van der Waals surface area contributed by atoms with E-state index >= 15 is 0 Å². The summed E-state index contributed by atoms with van der Waals surface area (Å²) in [6, 6.07) is -0.837. The van der Waals surface area contributed by atoms with Crippen molar-refractivity contribution in [1.82, 2.24) is 10.6 Å². The van der Waals surface area contributed by atoms with Crippen LogP contribution in [-0.2, 0) is 14.4 Å². The van der Waals surface area contributed by atoms with Gasteiger partial charge in [-0.1, -0.05) is 0 Å². The van der Waals surface area contributed by atoms with Crippen LogP contribution >= 0.6 is 11.8 Å². The molecule has 0 aromatic heterocycles. The Labute approximate surface area is 104 Å². The Hall–Kier alpha value is -1.28. The van der Waals surface area contributed by atoms with E-state index in [-0.39, 0.29) is 13.0 Å². The normalized spacial score (nSPS) is 13.6. The Bertz CT molecular complexity index is 298. The molecule has 0 fully saturated rings. The van der Waals surface area contributed by atoms with E-state index in [0.29, 0.717) is 0 Å². The van der Waals surface area contributed by atoms with Crippen molar-refractivity contribution in [1.29, 1.82) is 0 Å². The Kier molecular flexibility index (Phi) is 7.31. The van der Waals surface area contributed by atoms with Gasteiger partial charge in [-0.15, -0.1) is 0 Å². The third kappa shape index (κ3) is 5.55. The summed E-state index contributed by atoms with van der Waals surface area (Å²) >= 11 is 1.11. The van der Waals surface area contributed by atoms with Crippen LogP contribution in [0.15, 0.2) is 0 Å². The van der Waals surface area contributed by atoms with Crippen molar-refractivity contribution in [2.75, 3.05) is 19.8 Å². The van der Waals surface area contributed by atoms with Crippen LogP contribution in [0.2, 0.25) is 0 Å². The number of carboxylic acid groups (broad SMARTS) is 1. The molecule has 2 atom stereocenters. The zero-order valence-corrected chi connectivity index (χ0v) is 10.5.